The maximum atomic E-state index is 5.90. The summed E-state index contributed by atoms with van der Waals surface area (Å²) in [5.74, 6) is 0.516. The predicted molar refractivity (Wildman–Crippen MR) is 82.9 cm³/mol. The molecule has 1 heterocycles. The zero-order valence-electron chi connectivity index (χ0n) is 11.1. The Morgan fingerprint density at radius 3 is 2.63 bits per heavy atom. The molecule has 1 aromatic heterocycles. The third-order valence-corrected chi connectivity index (χ3v) is 4.64. The first-order chi connectivity index (χ1) is 9.19. The van der Waals surface area contributed by atoms with Crippen LogP contribution in [0, 0.1) is 12.8 Å². The summed E-state index contributed by atoms with van der Waals surface area (Å²) >= 11 is 7.64. The molecule has 0 aliphatic rings. The lowest BCUT2D eigenvalue weighted by Gasteiger charge is -2.14. The van der Waals surface area contributed by atoms with Gasteiger partial charge in [0.2, 0.25) is 0 Å². The van der Waals surface area contributed by atoms with E-state index in [1.165, 1.54) is 10.4 Å². The molecule has 19 heavy (non-hydrogen) atoms. The summed E-state index contributed by atoms with van der Waals surface area (Å²) in [4.78, 5) is 5.67. The minimum atomic E-state index is 0.516. The Bertz CT molecular complexity index is 507. The average Bonchev–Trinajstić information content (AvgIpc) is 2.82. The fourth-order valence-electron chi connectivity index (χ4n) is 2.16. The maximum Gasteiger partial charge on any atom is 0.0797 e. The molecule has 0 aliphatic carbocycles. The Kier molecular flexibility index (Phi) is 5.37. The number of hydrogen-bond donors (Lipinski definition) is 1. The van der Waals surface area contributed by atoms with E-state index in [1.54, 1.807) is 11.3 Å². The first-order valence-corrected chi connectivity index (χ1v) is 7.78. The zero-order chi connectivity index (χ0) is 13.7. The highest BCUT2D eigenvalue weighted by atomic mass is 35.5. The van der Waals surface area contributed by atoms with Gasteiger partial charge in [-0.05, 0) is 56.3 Å². The Morgan fingerprint density at radius 2 is 2.05 bits per heavy atom. The molecule has 4 heteroatoms. The normalized spacial score (nSPS) is 12.6. The molecule has 0 saturated carbocycles. The van der Waals surface area contributed by atoms with Crippen molar-refractivity contribution in [1.29, 1.82) is 0 Å². The van der Waals surface area contributed by atoms with Gasteiger partial charge in [0, 0.05) is 9.90 Å². The summed E-state index contributed by atoms with van der Waals surface area (Å²) in [6, 6.07) is 8.06. The molecule has 2 aromatic rings. The number of aryl methyl sites for hydroxylation is 2. The molecular formula is C15H19ClN2S. The minimum absolute atomic E-state index is 0.516. The molecule has 2 rings (SSSR count). The standard InChI is InChI=1S/C15H19ClN2S/c1-11-15(19-10-18-11)7-4-13(9-17)8-12-2-5-14(16)6-3-12/h2-3,5-6,10,13H,4,7-9,17H2,1H3. The summed E-state index contributed by atoms with van der Waals surface area (Å²) in [5.41, 5.74) is 10.3. The van der Waals surface area contributed by atoms with Crippen molar-refractivity contribution in [3.8, 4) is 0 Å². The second-order valence-corrected chi connectivity index (χ2v) is 6.21. The van der Waals surface area contributed by atoms with E-state index in [0.717, 1.165) is 36.5 Å². The molecule has 0 amide bonds. The molecule has 0 aliphatic heterocycles. The SMILES string of the molecule is Cc1ncsc1CCC(CN)Cc1ccc(Cl)cc1. The lowest BCUT2D eigenvalue weighted by atomic mass is 9.94. The minimum Gasteiger partial charge on any atom is -0.330 e. The van der Waals surface area contributed by atoms with Crippen molar-refractivity contribution in [3.05, 3.63) is 50.9 Å². The number of rotatable bonds is 6. The first-order valence-electron chi connectivity index (χ1n) is 6.52. The van der Waals surface area contributed by atoms with Crippen LogP contribution in [0.2, 0.25) is 5.02 Å². The highest BCUT2D eigenvalue weighted by molar-refractivity contribution is 7.09. The molecule has 0 radical (unpaired) electrons. The van der Waals surface area contributed by atoms with Crippen LogP contribution in [0.3, 0.4) is 0 Å². The van der Waals surface area contributed by atoms with Gasteiger partial charge < -0.3 is 5.73 Å². The Hall–Kier alpha value is -0.900. The van der Waals surface area contributed by atoms with Gasteiger partial charge in [-0.1, -0.05) is 23.7 Å². The van der Waals surface area contributed by atoms with E-state index >= 15 is 0 Å². The van der Waals surface area contributed by atoms with Gasteiger partial charge in [0.15, 0.2) is 0 Å². The summed E-state index contributed by atoms with van der Waals surface area (Å²) in [6.45, 7) is 2.79. The third kappa shape index (κ3) is 4.30. The van der Waals surface area contributed by atoms with Gasteiger partial charge in [-0.15, -0.1) is 11.3 Å². The summed E-state index contributed by atoms with van der Waals surface area (Å²) in [5, 5.41) is 0.785. The van der Waals surface area contributed by atoms with Crippen LogP contribution >= 0.6 is 22.9 Å². The molecular weight excluding hydrogens is 276 g/mol. The summed E-state index contributed by atoms with van der Waals surface area (Å²) < 4.78 is 0. The van der Waals surface area contributed by atoms with Crippen molar-refractivity contribution in [2.75, 3.05) is 6.54 Å². The van der Waals surface area contributed by atoms with Gasteiger partial charge in [0.25, 0.3) is 0 Å². The number of halogens is 1. The van der Waals surface area contributed by atoms with Crippen LogP contribution in [-0.4, -0.2) is 11.5 Å². The van der Waals surface area contributed by atoms with Crippen LogP contribution in [0.25, 0.3) is 0 Å². The Morgan fingerprint density at radius 1 is 1.32 bits per heavy atom. The molecule has 1 unspecified atom stereocenters. The van der Waals surface area contributed by atoms with Crippen LogP contribution in [0.4, 0.5) is 0 Å². The first kappa shape index (κ1) is 14.5. The lowest BCUT2D eigenvalue weighted by Crippen LogP contribution is -2.17. The molecule has 2 N–H and O–H groups in total. The van der Waals surface area contributed by atoms with Gasteiger partial charge in [0.05, 0.1) is 11.2 Å². The fraction of sp³-hybridized carbons (Fsp3) is 0.400. The van der Waals surface area contributed by atoms with Crippen molar-refractivity contribution >= 4 is 22.9 Å². The fourth-order valence-corrected chi connectivity index (χ4v) is 3.08. The third-order valence-electron chi connectivity index (χ3n) is 3.40. The van der Waals surface area contributed by atoms with E-state index < -0.39 is 0 Å². The van der Waals surface area contributed by atoms with Crippen LogP contribution in [0.1, 0.15) is 22.6 Å². The van der Waals surface area contributed by atoms with E-state index in [-0.39, 0.29) is 0 Å². The van der Waals surface area contributed by atoms with E-state index in [0.29, 0.717) is 5.92 Å². The quantitative estimate of drug-likeness (QED) is 0.879. The average molecular weight is 295 g/mol. The van der Waals surface area contributed by atoms with E-state index in [1.807, 2.05) is 17.6 Å². The molecule has 0 bridgehead atoms. The second kappa shape index (κ2) is 7.04. The molecule has 0 spiro atoms. The topological polar surface area (TPSA) is 38.9 Å². The Balaban J connectivity index is 1.90. The lowest BCUT2D eigenvalue weighted by molar-refractivity contribution is 0.495. The van der Waals surface area contributed by atoms with Gasteiger partial charge in [-0.3, -0.25) is 0 Å². The number of nitrogens with zero attached hydrogens (tertiary/aromatic N) is 1. The number of hydrogen-bond acceptors (Lipinski definition) is 3. The van der Waals surface area contributed by atoms with E-state index in [2.05, 4.69) is 24.0 Å². The van der Waals surface area contributed by atoms with Gasteiger partial charge >= 0.3 is 0 Å². The van der Waals surface area contributed by atoms with Crippen LogP contribution in [0.15, 0.2) is 29.8 Å². The van der Waals surface area contributed by atoms with Crippen molar-refractivity contribution in [2.24, 2.45) is 11.7 Å². The predicted octanol–water partition coefficient (Wildman–Crippen LogP) is 3.86. The number of thiazole rings is 1. The van der Waals surface area contributed by atoms with Crippen LogP contribution < -0.4 is 5.73 Å². The second-order valence-electron chi connectivity index (χ2n) is 4.83. The number of aromatic nitrogens is 1. The maximum absolute atomic E-state index is 5.90. The van der Waals surface area contributed by atoms with Crippen LogP contribution in [-0.2, 0) is 12.8 Å². The molecule has 0 saturated heterocycles. The van der Waals surface area contributed by atoms with Gasteiger partial charge in [-0.2, -0.15) is 0 Å². The smallest absolute Gasteiger partial charge is 0.0797 e. The van der Waals surface area contributed by atoms with Crippen molar-refractivity contribution in [1.82, 2.24) is 4.98 Å². The van der Waals surface area contributed by atoms with Crippen molar-refractivity contribution < 1.29 is 0 Å². The van der Waals surface area contributed by atoms with Crippen molar-refractivity contribution in [3.63, 3.8) is 0 Å². The molecule has 1 aromatic carbocycles. The monoisotopic (exact) mass is 294 g/mol. The number of nitrogens with two attached hydrogens (primary N) is 1. The molecule has 102 valence electrons. The highest BCUT2D eigenvalue weighted by Crippen LogP contribution is 2.20. The summed E-state index contributed by atoms with van der Waals surface area (Å²) in [7, 11) is 0. The van der Waals surface area contributed by atoms with Crippen molar-refractivity contribution in [2.45, 2.75) is 26.2 Å². The van der Waals surface area contributed by atoms with Gasteiger partial charge in [-0.25, -0.2) is 4.98 Å². The van der Waals surface area contributed by atoms with Crippen LogP contribution in [0.5, 0.6) is 0 Å². The summed E-state index contributed by atoms with van der Waals surface area (Å²) in [6.07, 6.45) is 3.21. The van der Waals surface area contributed by atoms with E-state index in [4.69, 9.17) is 17.3 Å². The number of benzene rings is 1. The largest absolute Gasteiger partial charge is 0.330 e. The highest BCUT2D eigenvalue weighted by Gasteiger charge is 2.10. The molecule has 0 fully saturated rings. The molecule has 1 atom stereocenters. The van der Waals surface area contributed by atoms with Gasteiger partial charge in [0.1, 0.15) is 0 Å². The molecule has 2 nitrogen and oxygen atoms in total. The van der Waals surface area contributed by atoms with E-state index in [9.17, 15) is 0 Å². The zero-order valence-corrected chi connectivity index (χ0v) is 12.7. The Labute approximate surface area is 123 Å².